The number of benzene rings is 1. The number of urea groups is 1. The van der Waals surface area contributed by atoms with Crippen LogP contribution in [0.25, 0.3) is 10.9 Å². The number of para-hydroxylation sites is 1. The molecule has 0 radical (unpaired) electrons. The molecule has 0 unspecified atom stereocenters. The van der Waals surface area contributed by atoms with Crippen LogP contribution in [0.3, 0.4) is 0 Å². The second-order valence-electron chi connectivity index (χ2n) is 7.72. The van der Waals surface area contributed by atoms with Crippen molar-refractivity contribution in [3.05, 3.63) is 75.8 Å². The highest BCUT2D eigenvalue weighted by atomic mass is 32.2. The van der Waals surface area contributed by atoms with Gasteiger partial charge in [-0.15, -0.1) is 0 Å². The summed E-state index contributed by atoms with van der Waals surface area (Å²) < 4.78 is 1.95. The molecule has 0 spiro atoms. The molecule has 1 aromatic carbocycles. The monoisotopic (exact) mass is 436 g/mol. The minimum atomic E-state index is -0.0866. The lowest BCUT2D eigenvalue weighted by molar-refractivity contribution is 0.198. The van der Waals surface area contributed by atoms with E-state index < -0.39 is 0 Å². The molecule has 0 bridgehead atoms. The molecule has 0 fully saturated rings. The van der Waals surface area contributed by atoms with Crippen LogP contribution in [0.5, 0.6) is 0 Å². The summed E-state index contributed by atoms with van der Waals surface area (Å²) in [6, 6.07) is 14.0. The molecular formula is C24H28N4O2S. The average Bonchev–Trinajstić information content (AvgIpc) is 2.79. The Labute approximate surface area is 186 Å². The maximum absolute atomic E-state index is 13.0. The molecule has 1 N–H and O–H groups in total. The van der Waals surface area contributed by atoms with E-state index in [-0.39, 0.29) is 11.6 Å². The fraction of sp³-hybridized carbons (Fsp3) is 0.375. The lowest BCUT2D eigenvalue weighted by Crippen LogP contribution is -2.40. The first-order chi connectivity index (χ1) is 15.2. The number of amides is 2. The summed E-state index contributed by atoms with van der Waals surface area (Å²) in [6.45, 7) is 4.36. The molecule has 0 saturated carbocycles. The molecule has 1 aliphatic rings. The van der Waals surface area contributed by atoms with Crippen LogP contribution in [0.4, 0.5) is 4.79 Å². The molecule has 3 aromatic rings. The van der Waals surface area contributed by atoms with Crippen molar-refractivity contribution in [1.29, 1.82) is 0 Å². The van der Waals surface area contributed by atoms with E-state index in [4.69, 9.17) is 0 Å². The van der Waals surface area contributed by atoms with Gasteiger partial charge < -0.3 is 14.8 Å². The highest BCUT2D eigenvalue weighted by Gasteiger charge is 2.17. The van der Waals surface area contributed by atoms with Gasteiger partial charge in [-0.3, -0.25) is 9.78 Å². The second-order valence-corrected chi connectivity index (χ2v) is 8.82. The van der Waals surface area contributed by atoms with Crippen LogP contribution in [-0.2, 0) is 25.3 Å². The summed E-state index contributed by atoms with van der Waals surface area (Å²) in [5, 5.41) is 4.02. The van der Waals surface area contributed by atoms with Crippen molar-refractivity contribution in [3.8, 4) is 0 Å². The first-order valence-electron chi connectivity index (χ1n) is 10.8. The number of aromatic nitrogens is 2. The first-order valence-corrected chi connectivity index (χ1v) is 12.0. The van der Waals surface area contributed by atoms with E-state index in [1.807, 2.05) is 35.8 Å². The van der Waals surface area contributed by atoms with Crippen molar-refractivity contribution in [2.45, 2.75) is 38.6 Å². The van der Waals surface area contributed by atoms with Crippen molar-refractivity contribution in [2.75, 3.05) is 18.8 Å². The third kappa shape index (κ3) is 4.93. The number of pyridine rings is 2. The van der Waals surface area contributed by atoms with Gasteiger partial charge in [-0.05, 0) is 48.9 Å². The van der Waals surface area contributed by atoms with Gasteiger partial charge in [0.15, 0.2) is 0 Å². The van der Waals surface area contributed by atoms with Gasteiger partial charge >= 0.3 is 6.03 Å². The van der Waals surface area contributed by atoms with Gasteiger partial charge in [0.2, 0.25) is 0 Å². The smallest absolute Gasteiger partial charge is 0.317 e. The zero-order valence-electron chi connectivity index (χ0n) is 17.8. The average molecular weight is 437 g/mol. The van der Waals surface area contributed by atoms with Crippen LogP contribution in [0.2, 0.25) is 0 Å². The minimum absolute atomic E-state index is 0.0866. The number of nitrogens with zero attached hydrogens (tertiary/aromatic N) is 3. The molecule has 0 atom stereocenters. The third-order valence-electron chi connectivity index (χ3n) is 5.56. The molecule has 4 rings (SSSR count). The highest BCUT2D eigenvalue weighted by Crippen LogP contribution is 2.25. The number of hydrogen-bond acceptors (Lipinski definition) is 4. The summed E-state index contributed by atoms with van der Waals surface area (Å²) in [5.74, 6) is 1.40. The molecular weight excluding hydrogens is 408 g/mol. The van der Waals surface area contributed by atoms with Gasteiger partial charge in [0.25, 0.3) is 5.56 Å². The number of carbonyl (C=O) groups is 1. The predicted molar refractivity (Wildman–Crippen MR) is 126 cm³/mol. The standard InChI is InChI=1S/C24H28N4O2S/c1-2-25-24(30)27(16-21-10-3-4-11-26-21)13-14-31-17-20-15-19-8-5-7-18-9-6-12-28(22(18)19)23(20)29/h3-5,7-8,10-11,15H,2,6,9,12-14,16-17H2,1H3,(H,25,30). The fourth-order valence-corrected chi connectivity index (χ4v) is 5.01. The Morgan fingerprint density at radius 3 is 2.97 bits per heavy atom. The number of carbonyl (C=O) groups excluding carboxylic acids is 1. The molecule has 3 heterocycles. The van der Waals surface area contributed by atoms with Crippen LogP contribution in [0.15, 0.2) is 53.5 Å². The topological polar surface area (TPSA) is 67.2 Å². The SMILES string of the molecule is CCNC(=O)N(CCSCc1cc2cccc3c2n(c1=O)CCC3)Cc1ccccn1. The Morgan fingerprint density at radius 2 is 2.16 bits per heavy atom. The van der Waals surface area contributed by atoms with E-state index >= 15 is 0 Å². The van der Waals surface area contributed by atoms with E-state index in [0.717, 1.165) is 47.3 Å². The lowest BCUT2D eigenvalue weighted by Gasteiger charge is -2.22. The van der Waals surface area contributed by atoms with Crippen molar-refractivity contribution < 1.29 is 4.79 Å². The molecule has 7 heteroatoms. The number of nitrogens with one attached hydrogen (secondary N) is 1. The minimum Gasteiger partial charge on any atom is -0.338 e. The third-order valence-corrected chi connectivity index (χ3v) is 6.54. The molecule has 2 aromatic heterocycles. The molecule has 0 saturated heterocycles. The highest BCUT2D eigenvalue weighted by molar-refractivity contribution is 7.98. The van der Waals surface area contributed by atoms with E-state index in [1.165, 1.54) is 5.56 Å². The van der Waals surface area contributed by atoms with Crippen LogP contribution in [0, 0.1) is 0 Å². The Morgan fingerprint density at radius 1 is 1.26 bits per heavy atom. The lowest BCUT2D eigenvalue weighted by atomic mass is 10.0. The number of rotatable bonds is 8. The molecule has 2 amide bonds. The van der Waals surface area contributed by atoms with Gasteiger partial charge in [-0.25, -0.2) is 4.79 Å². The summed E-state index contributed by atoms with van der Waals surface area (Å²) in [6.07, 6.45) is 3.79. The second kappa shape index (κ2) is 10.0. The molecule has 1 aliphatic heterocycles. The Hall–Kier alpha value is -2.80. The van der Waals surface area contributed by atoms with E-state index in [0.29, 0.717) is 25.4 Å². The largest absolute Gasteiger partial charge is 0.338 e. The summed E-state index contributed by atoms with van der Waals surface area (Å²) >= 11 is 1.69. The summed E-state index contributed by atoms with van der Waals surface area (Å²) in [7, 11) is 0. The molecule has 162 valence electrons. The molecule has 6 nitrogen and oxygen atoms in total. The van der Waals surface area contributed by atoms with Gasteiger partial charge in [-0.1, -0.05) is 24.3 Å². The maximum Gasteiger partial charge on any atom is 0.317 e. The molecule has 0 aliphatic carbocycles. The Kier molecular flexibility index (Phi) is 6.92. The number of thioether (sulfide) groups is 1. The normalized spacial score (nSPS) is 12.7. The van der Waals surface area contributed by atoms with Gasteiger partial charge in [-0.2, -0.15) is 11.8 Å². The van der Waals surface area contributed by atoms with E-state index in [1.54, 1.807) is 22.9 Å². The maximum atomic E-state index is 13.0. The van der Waals surface area contributed by atoms with Crippen LogP contribution in [-0.4, -0.2) is 39.3 Å². The van der Waals surface area contributed by atoms with Crippen LogP contribution >= 0.6 is 11.8 Å². The van der Waals surface area contributed by atoms with E-state index in [2.05, 4.69) is 28.5 Å². The van der Waals surface area contributed by atoms with Crippen LogP contribution in [0.1, 0.15) is 30.2 Å². The summed E-state index contributed by atoms with van der Waals surface area (Å²) in [4.78, 5) is 31.6. The number of hydrogen-bond donors (Lipinski definition) is 1. The zero-order valence-corrected chi connectivity index (χ0v) is 18.7. The van der Waals surface area contributed by atoms with E-state index in [9.17, 15) is 9.59 Å². The molecule has 31 heavy (non-hydrogen) atoms. The predicted octanol–water partition coefficient (Wildman–Crippen LogP) is 3.81. The van der Waals surface area contributed by atoms with Crippen molar-refractivity contribution in [1.82, 2.24) is 19.8 Å². The number of aryl methyl sites for hydroxylation is 2. The van der Waals surface area contributed by atoms with Crippen LogP contribution < -0.4 is 10.9 Å². The van der Waals surface area contributed by atoms with Crippen molar-refractivity contribution >= 4 is 28.7 Å². The fourth-order valence-electron chi connectivity index (χ4n) is 4.09. The van der Waals surface area contributed by atoms with Crippen molar-refractivity contribution in [3.63, 3.8) is 0 Å². The first kappa shape index (κ1) is 21.4. The van der Waals surface area contributed by atoms with Gasteiger partial charge in [0.05, 0.1) is 17.8 Å². The zero-order chi connectivity index (χ0) is 21.6. The Balaban J connectivity index is 1.42. The van der Waals surface area contributed by atoms with Gasteiger partial charge in [0.1, 0.15) is 0 Å². The van der Waals surface area contributed by atoms with Gasteiger partial charge in [0, 0.05) is 42.9 Å². The Bertz CT molecular complexity index is 1110. The quantitative estimate of drug-likeness (QED) is 0.546. The summed E-state index contributed by atoms with van der Waals surface area (Å²) in [5.41, 5.74) is 4.20. The van der Waals surface area contributed by atoms with Crippen molar-refractivity contribution in [2.24, 2.45) is 0 Å².